The van der Waals surface area contributed by atoms with Crippen molar-refractivity contribution in [2.45, 2.75) is 6.54 Å². The zero-order valence-electron chi connectivity index (χ0n) is 10.00. The minimum absolute atomic E-state index is 0.227. The van der Waals surface area contributed by atoms with E-state index in [2.05, 4.69) is 26.1 Å². The van der Waals surface area contributed by atoms with Crippen LogP contribution in [0.3, 0.4) is 0 Å². The molecule has 7 heteroatoms. The molecule has 1 aliphatic heterocycles. The van der Waals surface area contributed by atoms with Crippen LogP contribution < -0.4 is 4.90 Å². The van der Waals surface area contributed by atoms with Crippen LogP contribution in [0.2, 0.25) is 0 Å². The van der Waals surface area contributed by atoms with E-state index in [1.807, 2.05) is 0 Å². The summed E-state index contributed by atoms with van der Waals surface area (Å²) >= 11 is 3.30. The smallest absolute Gasteiger partial charge is 0.299 e. The van der Waals surface area contributed by atoms with Crippen LogP contribution in [-0.2, 0) is 18.4 Å². The molecule has 1 aliphatic rings. The summed E-state index contributed by atoms with van der Waals surface area (Å²) in [5.41, 5.74) is 1.02. The van der Waals surface area contributed by atoms with Crippen LogP contribution in [0.4, 0.5) is 5.69 Å². The molecule has 2 heterocycles. The number of amides is 1. The summed E-state index contributed by atoms with van der Waals surface area (Å²) in [6.45, 7) is 0.227. The lowest BCUT2D eigenvalue weighted by atomic mass is 10.1. The van der Waals surface area contributed by atoms with Crippen molar-refractivity contribution in [2.75, 3.05) is 4.90 Å². The molecule has 0 unspecified atom stereocenters. The molecular weight excluding hydrogens is 312 g/mol. The fraction of sp³-hybridized carbons (Fsp3) is 0.167. The van der Waals surface area contributed by atoms with Crippen molar-refractivity contribution in [3.8, 4) is 0 Å². The van der Waals surface area contributed by atoms with Gasteiger partial charge in [-0.15, -0.1) is 10.2 Å². The van der Waals surface area contributed by atoms with E-state index in [4.69, 9.17) is 0 Å². The van der Waals surface area contributed by atoms with Gasteiger partial charge in [0.05, 0.1) is 17.8 Å². The Labute approximate surface area is 117 Å². The van der Waals surface area contributed by atoms with E-state index in [0.717, 1.165) is 0 Å². The predicted octanol–water partition coefficient (Wildman–Crippen LogP) is 1.31. The highest BCUT2D eigenvalue weighted by atomic mass is 79.9. The Hall–Kier alpha value is -2.02. The molecule has 0 saturated carbocycles. The summed E-state index contributed by atoms with van der Waals surface area (Å²) in [7, 11) is 1.79. The third-order valence-corrected chi connectivity index (χ3v) is 3.71. The lowest BCUT2D eigenvalue weighted by Gasteiger charge is -2.15. The maximum atomic E-state index is 12.1. The molecule has 0 atom stereocenters. The zero-order valence-corrected chi connectivity index (χ0v) is 11.6. The topological polar surface area (TPSA) is 68.1 Å². The SMILES string of the molecule is Cn1cnnc1CN1C(=O)C(=O)c2c(Br)cccc21. The Bertz CT molecular complexity index is 695. The molecule has 0 bridgehead atoms. The Balaban J connectivity index is 2.05. The molecule has 0 aliphatic carbocycles. The molecule has 6 nitrogen and oxygen atoms in total. The summed E-state index contributed by atoms with van der Waals surface area (Å²) in [4.78, 5) is 25.5. The lowest BCUT2D eigenvalue weighted by Crippen LogP contribution is -2.30. The molecule has 1 aromatic heterocycles. The van der Waals surface area contributed by atoms with Crippen LogP contribution >= 0.6 is 15.9 Å². The van der Waals surface area contributed by atoms with Crippen molar-refractivity contribution in [3.63, 3.8) is 0 Å². The molecule has 3 rings (SSSR count). The largest absolute Gasteiger partial charge is 0.319 e. The standard InChI is InChI=1S/C12H9BrN4O2/c1-16-6-14-15-9(16)5-17-8-4-2-3-7(13)10(8)11(18)12(17)19/h2-4,6H,5H2,1H3. The van der Waals surface area contributed by atoms with Gasteiger partial charge in [-0.25, -0.2) is 0 Å². The Morgan fingerprint density at radius 1 is 1.32 bits per heavy atom. The molecule has 0 fully saturated rings. The minimum Gasteiger partial charge on any atom is -0.319 e. The van der Waals surface area contributed by atoms with Crippen molar-refractivity contribution in [2.24, 2.45) is 7.05 Å². The molecule has 0 spiro atoms. The highest BCUT2D eigenvalue weighted by Crippen LogP contribution is 2.34. The molecule has 1 amide bonds. The number of carbonyl (C=O) groups is 2. The third kappa shape index (κ3) is 1.77. The van der Waals surface area contributed by atoms with Gasteiger partial charge in [0, 0.05) is 11.5 Å². The Morgan fingerprint density at radius 2 is 2.11 bits per heavy atom. The molecule has 0 N–H and O–H groups in total. The number of Topliss-reactive ketones (excluding diaryl/α,β-unsaturated/α-hetero) is 1. The van der Waals surface area contributed by atoms with E-state index in [9.17, 15) is 9.59 Å². The average molecular weight is 321 g/mol. The molecular formula is C12H9BrN4O2. The first-order chi connectivity index (χ1) is 9.09. The average Bonchev–Trinajstić information content (AvgIpc) is 2.89. The summed E-state index contributed by atoms with van der Waals surface area (Å²) < 4.78 is 2.34. The summed E-state index contributed by atoms with van der Waals surface area (Å²) in [6, 6.07) is 5.29. The fourth-order valence-electron chi connectivity index (χ4n) is 2.05. The number of hydrogen-bond acceptors (Lipinski definition) is 4. The molecule has 19 heavy (non-hydrogen) atoms. The number of fused-ring (bicyclic) bond motifs is 1. The second-order valence-corrected chi connectivity index (χ2v) is 5.07. The highest BCUT2D eigenvalue weighted by Gasteiger charge is 2.37. The Kier molecular flexibility index (Phi) is 2.70. The number of anilines is 1. The predicted molar refractivity (Wildman–Crippen MR) is 70.7 cm³/mol. The van der Waals surface area contributed by atoms with Gasteiger partial charge in [-0.2, -0.15) is 0 Å². The van der Waals surface area contributed by atoms with Crippen molar-refractivity contribution < 1.29 is 9.59 Å². The molecule has 0 radical (unpaired) electrons. The van der Waals surface area contributed by atoms with Crippen LogP contribution in [0, 0.1) is 0 Å². The molecule has 0 saturated heterocycles. The number of ketones is 1. The quantitative estimate of drug-likeness (QED) is 0.782. The number of carbonyl (C=O) groups excluding carboxylic acids is 2. The van der Waals surface area contributed by atoms with Gasteiger partial charge in [0.15, 0.2) is 5.82 Å². The minimum atomic E-state index is -0.537. The first-order valence-electron chi connectivity index (χ1n) is 5.57. The fourth-order valence-corrected chi connectivity index (χ4v) is 2.59. The van der Waals surface area contributed by atoms with E-state index in [0.29, 0.717) is 21.5 Å². The van der Waals surface area contributed by atoms with Gasteiger partial charge in [0.1, 0.15) is 6.33 Å². The number of nitrogens with zero attached hydrogens (tertiary/aromatic N) is 4. The number of hydrogen-bond donors (Lipinski definition) is 0. The van der Waals surface area contributed by atoms with Crippen LogP contribution in [0.25, 0.3) is 0 Å². The van der Waals surface area contributed by atoms with Crippen LogP contribution in [-0.4, -0.2) is 26.5 Å². The van der Waals surface area contributed by atoms with Gasteiger partial charge in [0.25, 0.3) is 11.7 Å². The van der Waals surface area contributed by atoms with E-state index in [1.165, 1.54) is 4.90 Å². The van der Waals surface area contributed by atoms with Crippen molar-refractivity contribution in [1.82, 2.24) is 14.8 Å². The second-order valence-electron chi connectivity index (χ2n) is 4.21. The second kappa shape index (κ2) is 4.27. The van der Waals surface area contributed by atoms with Gasteiger partial charge in [-0.1, -0.05) is 6.07 Å². The summed E-state index contributed by atoms with van der Waals surface area (Å²) in [5, 5.41) is 7.69. The van der Waals surface area contributed by atoms with E-state index in [1.54, 1.807) is 36.1 Å². The summed E-state index contributed by atoms with van der Waals surface area (Å²) in [6.07, 6.45) is 1.56. The van der Waals surface area contributed by atoms with Crippen molar-refractivity contribution >= 4 is 33.3 Å². The zero-order chi connectivity index (χ0) is 13.6. The van der Waals surface area contributed by atoms with Gasteiger partial charge in [-0.05, 0) is 28.1 Å². The van der Waals surface area contributed by atoms with E-state index < -0.39 is 11.7 Å². The third-order valence-electron chi connectivity index (χ3n) is 3.05. The van der Waals surface area contributed by atoms with Crippen LogP contribution in [0.5, 0.6) is 0 Å². The van der Waals surface area contributed by atoms with Gasteiger partial charge < -0.3 is 4.57 Å². The number of halogens is 1. The molecule has 96 valence electrons. The van der Waals surface area contributed by atoms with E-state index >= 15 is 0 Å². The molecule has 1 aromatic carbocycles. The van der Waals surface area contributed by atoms with Crippen LogP contribution in [0.15, 0.2) is 29.0 Å². The number of rotatable bonds is 2. The number of benzene rings is 1. The van der Waals surface area contributed by atoms with Crippen LogP contribution in [0.1, 0.15) is 16.2 Å². The van der Waals surface area contributed by atoms with Gasteiger partial charge in [0.2, 0.25) is 0 Å². The van der Waals surface area contributed by atoms with E-state index in [-0.39, 0.29) is 6.54 Å². The highest BCUT2D eigenvalue weighted by molar-refractivity contribution is 9.10. The molecule has 2 aromatic rings. The van der Waals surface area contributed by atoms with Gasteiger partial charge in [-0.3, -0.25) is 14.5 Å². The number of aromatic nitrogens is 3. The van der Waals surface area contributed by atoms with Gasteiger partial charge >= 0.3 is 0 Å². The van der Waals surface area contributed by atoms with Crippen molar-refractivity contribution in [3.05, 3.63) is 40.4 Å². The first kappa shape index (κ1) is 12.0. The maximum Gasteiger partial charge on any atom is 0.299 e. The maximum absolute atomic E-state index is 12.1. The normalized spacial score (nSPS) is 14.1. The summed E-state index contributed by atoms with van der Waals surface area (Å²) in [5.74, 6) is -0.413. The lowest BCUT2D eigenvalue weighted by molar-refractivity contribution is -0.114. The first-order valence-corrected chi connectivity index (χ1v) is 6.36. The Morgan fingerprint density at radius 3 is 2.79 bits per heavy atom. The number of aryl methyl sites for hydroxylation is 1. The monoisotopic (exact) mass is 320 g/mol. The van der Waals surface area contributed by atoms with Crippen molar-refractivity contribution in [1.29, 1.82) is 0 Å².